The number of hydrogen-bond acceptors (Lipinski definition) is 6. The molecule has 3 aromatic rings. The molecule has 3 aromatic heterocycles. The first-order valence-electron chi connectivity index (χ1n) is 10.3. The van der Waals surface area contributed by atoms with Crippen molar-refractivity contribution in [3.8, 4) is 11.1 Å². The van der Waals surface area contributed by atoms with Crippen molar-refractivity contribution in [1.29, 1.82) is 0 Å². The summed E-state index contributed by atoms with van der Waals surface area (Å²) in [5.41, 5.74) is 3.82. The van der Waals surface area contributed by atoms with Crippen LogP contribution in [0.2, 0.25) is 0 Å². The number of nitrogens with one attached hydrogen (secondary N) is 1. The number of carbonyl (C=O) groups excluding carboxylic acids is 1. The minimum absolute atomic E-state index is 0.0455. The van der Waals surface area contributed by atoms with Gasteiger partial charge >= 0.3 is 0 Å². The molecule has 0 bridgehead atoms. The Balaban J connectivity index is 1.43. The molecule has 30 heavy (non-hydrogen) atoms. The van der Waals surface area contributed by atoms with E-state index in [4.69, 9.17) is 4.98 Å². The Morgan fingerprint density at radius 3 is 2.30 bits per heavy atom. The molecule has 1 fully saturated rings. The molecule has 1 N–H and O–H groups in total. The lowest BCUT2D eigenvalue weighted by Gasteiger charge is -2.32. The number of hydrogen-bond donors (Lipinski definition) is 1. The third-order valence-electron chi connectivity index (χ3n) is 5.40. The lowest BCUT2D eigenvalue weighted by atomic mass is 10.00. The quantitative estimate of drug-likeness (QED) is 0.704. The van der Waals surface area contributed by atoms with E-state index in [0.29, 0.717) is 5.56 Å². The molecule has 0 atom stereocenters. The molecule has 0 aromatic carbocycles. The van der Waals surface area contributed by atoms with Gasteiger partial charge in [-0.2, -0.15) is 0 Å². The topological polar surface area (TPSA) is 83.9 Å². The van der Waals surface area contributed by atoms with Crippen LogP contribution in [0.25, 0.3) is 11.1 Å². The van der Waals surface area contributed by atoms with Crippen LogP contribution in [0.3, 0.4) is 0 Å². The first-order valence-corrected chi connectivity index (χ1v) is 10.3. The van der Waals surface area contributed by atoms with E-state index in [1.165, 1.54) is 0 Å². The van der Waals surface area contributed by atoms with Gasteiger partial charge in [-0.1, -0.05) is 13.8 Å². The van der Waals surface area contributed by atoms with Crippen LogP contribution in [-0.4, -0.2) is 45.0 Å². The highest BCUT2D eigenvalue weighted by Crippen LogP contribution is 2.29. The third-order valence-corrected chi connectivity index (χ3v) is 5.40. The van der Waals surface area contributed by atoms with Crippen molar-refractivity contribution in [2.45, 2.75) is 38.6 Å². The largest absolute Gasteiger partial charge is 0.349 e. The van der Waals surface area contributed by atoms with Gasteiger partial charge in [0.05, 0.1) is 5.69 Å². The number of anilines is 1. The average molecular weight is 403 g/mol. The molecule has 1 aliphatic heterocycles. The van der Waals surface area contributed by atoms with Crippen LogP contribution in [0.4, 0.5) is 5.95 Å². The maximum Gasteiger partial charge on any atom is 0.251 e. The fraction of sp³-hybridized carbons (Fsp3) is 0.348. The van der Waals surface area contributed by atoms with Gasteiger partial charge < -0.3 is 10.2 Å². The molecule has 1 aliphatic rings. The molecule has 1 saturated heterocycles. The van der Waals surface area contributed by atoms with Gasteiger partial charge in [0.25, 0.3) is 5.91 Å². The highest BCUT2D eigenvalue weighted by atomic mass is 16.1. The molecule has 0 spiro atoms. The van der Waals surface area contributed by atoms with Gasteiger partial charge in [0.15, 0.2) is 0 Å². The van der Waals surface area contributed by atoms with Crippen molar-refractivity contribution in [2.75, 3.05) is 18.0 Å². The van der Waals surface area contributed by atoms with Crippen LogP contribution in [0.5, 0.6) is 0 Å². The minimum atomic E-state index is -0.0455. The fourth-order valence-corrected chi connectivity index (χ4v) is 3.73. The van der Waals surface area contributed by atoms with Gasteiger partial charge in [0.2, 0.25) is 5.95 Å². The van der Waals surface area contributed by atoms with E-state index < -0.39 is 0 Å². The lowest BCUT2D eigenvalue weighted by Crippen LogP contribution is -2.45. The van der Waals surface area contributed by atoms with Gasteiger partial charge in [-0.25, -0.2) is 9.97 Å². The van der Waals surface area contributed by atoms with Crippen molar-refractivity contribution < 1.29 is 4.79 Å². The molecule has 0 unspecified atom stereocenters. The number of piperidine rings is 1. The number of amides is 1. The standard InChI is InChI=1S/C23H26N6O/c1-16(2)21-20(17-3-9-24-10-4-17)15-26-23(28-21)29-13-7-19(8-14-29)27-22(30)18-5-11-25-12-6-18/h3-6,9-12,15-16,19H,7-8,13-14H2,1-2H3,(H,27,30). The fourth-order valence-electron chi connectivity index (χ4n) is 3.73. The molecule has 7 nitrogen and oxygen atoms in total. The van der Waals surface area contributed by atoms with Gasteiger partial charge in [-0.15, -0.1) is 0 Å². The zero-order valence-corrected chi connectivity index (χ0v) is 17.3. The zero-order chi connectivity index (χ0) is 20.9. The summed E-state index contributed by atoms with van der Waals surface area (Å²) in [6, 6.07) is 7.59. The van der Waals surface area contributed by atoms with Crippen LogP contribution in [0, 0.1) is 0 Å². The van der Waals surface area contributed by atoms with Gasteiger partial charge in [0.1, 0.15) is 0 Å². The van der Waals surface area contributed by atoms with E-state index in [0.717, 1.165) is 48.7 Å². The second-order valence-electron chi connectivity index (χ2n) is 7.83. The summed E-state index contributed by atoms with van der Waals surface area (Å²) in [4.78, 5) is 32.2. The van der Waals surface area contributed by atoms with E-state index >= 15 is 0 Å². The zero-order valence-electron chi connectivity index (χ0n) is 17.3. The lowest BCUT2D eigenvalue weighted by molar-refractivity contribution is 0.0931. The van der Waals surface area contributed by atoms with Gasteiger partial charge in [0, 0.05) is 61.2 Å². The molecule has 0 radical (unpaired) electrons. The predicted octanol–water partition coefficient (Wildman–Crippen LogP) is 3.46. The molecule has 1 amide bonds. The minimum Gasteiger partial charge on any atom is -0.349 e. The third kappa shape index (κ3) is 4.45. The molecular formula is C23H26N6O. The summed E-state index contributed by atoms with van der Waals surface area (Å²) in [7, 11) is 0. The number of rotatable bonds is 5. The Kier molecular flexibility index (Phi) is 5.97. The van der Waals surface area contributed by atoms with Crippen molar-refractivity contribution in [3.05, 3.63) is 66.5 Å². The number of carbonyl (C=O) groups is 1. The maximum absolute atomic E-state index is 12.4. The Morgan fingerprint density at radius 2 is 1.67 bits per heavy atom. The summed E-state index contributed by atoms with van der Waals surface area (Å²) in [5, 5.41) is 3.13. The monoisotopic (exact) mass is 402 g/mol. The first-order chi connectivity index (χ1) is 14.6. The summed E-state index contributed by atoms with van der Waals surface area (Å²) in [6.07, 6.45) is 10.5. The van der Waals surface area contributed by atoms with E-state index in [9.17, 15) is 4.79 Å². The molecule has 0 aliphatic carbocycles. The molecule has 154 valence electrons. The molecule has 0 saturated carbocycles. The van der Waals surface area contributed by atoms with Crippen LogP contribution >= 0.6 is 0 Å². The Labute approximate surface area is 176 Å². The summed E-state index contributed by atoms with van der Waals surface area (Å²) in [5.74, 6) is 0.999. The Morgan fingerprint density at radius 1 is 1.03 bits per heavy atom. The number of aromatic nitrogens is 4. The molecule has 4 rings (SSSR count). The van der Waals surface area contributed by atoms with Gasteiger partial charge in [-0.05, 0) is 48.6 Å². The van der Waals surface area contributed by atoms with Crippen molar-refractivity contribution in [1.82, 2.24) is 25.3 Å². The summed E-state index contributed by atoms with van der Waals surface area (Å²) in [6.45, 7) is 5.93. The van der Waals surface area contributed by atoms with Crippen LogP contribution in [-0.2, 0) is 0 Å². The highest BCUT2D eigenvalue weighted by Gasteiger charge is 2.24. The van der Waals surface area contributed by atoms with Crippen LogP contribution in [0.15, 0.2) is 55.2 Å². The van der Waals surface area contributed by atoms with Crippen molar-refractivity contribution >= 4 is 11.9 Å². The van der Waals surface area contributed by atoms with E-state index in [1.54, 1.807) is 36.9 Å². The van der Waals surface area contributed by atoms with Crippen LogP contribution in [0.1, 0.15) is 48.7 Å². The first kappa shape index (κ1) is 19.9. The smallest absolute Gasteiger partial charge is 0.251 e. The molecule has 7 heteroatoms. The second-order valence-corrected chi connectivity index (χ2v) is 7.83. The maximum atomic E-state index is 12.4. The average Bonchev–Trinajstić information content (AvgIpc) is 2.80. The SMILES string of the molecule is CC(C)c1nc(N2CCC(NC(=O)c3ccncc3)CC2)ncc1-c1ccncc1. The molecular weight excluding hydrogens is 376 g/mol. The van der Waals surface area contributed by atoms with Crippen molar-refractivity contribution in [3.63, 3.8) is 0 Å². The van der Waals surface area contributed by atoms with E-state index in [2.05, 4.69) is 39.0 Å². The predicted molar refractivity (Wildman–Crippen MR) is 116 cm³/mol. The summed E-state index contributed by atoms with van der Waals surface area (Å²) < 4.78 is 0. The number of pyridine rings is 2. The van der Waals surface area contributed by atoms with Crippen molar-refractivity contribution in [2.24, 2.45) is 0 Å². The highest BCUT2D eigenvalue weighted by molar-refractivity contribution is 5.94. The Bertz CT molecular complexity index is 985. The normalized spacial score (nSPS) is 14.7. The Hall–Kier alpha value is -3.35. The number of nitrogens with zero attached hydrogens (tertiary/aromatic N) is 5. The van der Waals surface area contributed by atoms with Gasteiger partial charge in [-0.3, -0.25) is 14.8 Å². The second kappa shape index (κ2) is 8.98. The summed E-state index contributed by atoms with van der Waals surface area (Å²) >= 11 is 0. The van der Waals surface area contributed by atoms with Crippen LogP contribution < -0.4 is 10.2 Å². The van der Waals surface area contributed by atoms with E-state index in [-0.39, 0.29) is 17.9 Å². The van der Waals surface area contributed by atoms with E-state index in [1.807, 2.05) is 18.3 Å². The molecule has 4 heterocycles.